The lowest BCUT2D eigenvalue weighted by molar-refractivity contribution is -0.395. The lowest BCUT2D eigenvalue weighted by Gasteiger charge is -2.26. The molecule has 2 aromatic rings. The van der Waals surface area contributed by atoms with Crippen molar-refractivity contribution in [3.05, 3.63) is 50.3 Å². The maximum atomic E-state index is 14.1. The Morgan fingerprint density at radius 2 is 1.62 bits per heavy atom. The van der Waals surface area contributed by atoms with Crippen molar-refractivity contribution in [2.75, 3.05) is 30.4 Å². The van der Waals surface area contributed by atoms with Crippen LogP contribution in [0.25, 0.3) is 0 Å². The SMILES string of the molecule is CCCN(CCC)c1cc(NC(C)=O)c(N=Nc2cc(F)c([N+](=O)[O-])cc2[N+](=O)[O-])cc1OC. The predicted molar refractivity (Wildman–Crippen MR) is 124 cm³/mol. The zero-order valence-corrected chi connectivity index (χ0v) is 19.2. The summed E-state index contributed by atoms with van der Waals surface area (Å²) in [6.07, 6.45) is 1.74. The normalized spacial score (nSPS) is 10.9. The number of rotatable bonds is 11. The van der Waals surface area contributed by atoms with E-state index >= 15 is 0 Å². The van der Waals surface area contributed by atoms with Crippen LogP contribution in [-0.4, -0.2) is 36.0 Å². The van der Waals surface area contributed by atoms with Gasteiger partial charge >= 0.3 is 11.4 Å². The number of ether oxygens (including phenoxy) is 1. The van der Waals surface area contributed by atoms with E-state index in [1.807, 2.05) is 13.8 Å². The summed E-state index contributed by atoms with van der Waals surface area (Å²) in [4.78, 5) is 34.1. The molecule has 13 heteroatoms. The van der Waals surface area contributed by atoms with Crippen molar-refractivity contribution in [2.45, 2.75) is 33.6 Å². The molecule has 0 aromatic heterocycles. The molecule has 1 N–H and O–H groups in total. The Kier molecular flexibility index (Phi) is 8.93. The lowest BCUT2D eigenvalue weighted by atomic mass is 10.2. The van der Waals surface area contributed by atoms with Crippen molar-refractivity contribution in [1.29, 1.82) is 0 Å². The van der Waals surface area contributed by atoms with E-state index in [1.54, 1.807) is 6.07 Å². The van der Waals surface area contributed by atoms with Crippen LogP contribution in [0.3, 0.4) is 0 Å². The number of carbonyl (C=O) groups excluding carboxylic acids is 1. The van der Waals surface area contributed by atoms with Crippen molar-refractivity contribution < 1.29 is 23.8 Å². The Morgan fingerprint density at radius 3 is 2.12 bits per heavy atom. The van der Waals surface area contributed by atoms with E-state index in [0.717, 1.165) is 25.9 Å². The third-order valence-electron chi connectivity index (χ3n) is 4.64. The minimum atomic E-state index is -1.30. The number of nitrogens with zero attached hydrogens (tertiary/aromatic N) is 5. The van der Waals surface area contributed by atoms with Gasteiger partial charge in [0.1, 0.15) is 11.4 Å². The predicted octanol–water partition coefficient (Wildman–Crippen LogP) is 5.65. The standard InChI is InChI=1S/C21H25FN6O6/c1-5-7-26(8-6-2)20-10-15(23-13(3)29)16(11-21(20)34-4)24-25-17-9-14(22)18(27(30)31)12-19(17)28(32)33/h9-12H,5-8H2,1-4H3,(H,23,29). The maximum Gasteiger partial charge on any atom is 0.311 e. The highest BCUT2D eigenvalue weighted by atomic mass is 19.1. The molecule has 0 saturated carbocycles. The second-order valence-electron chi connectivity index (χ2n) is 7.22. The molecule has 182 valence electrons. The third-order valence-corrected chi connectivity index (χ3v) is 4.64. The van der Waals surface area contributed by atoms with Gasteiger partial charge in [0.25, 0.3) is 0 Å². The zero-order chi connectivity index (χ0) is 25.4. The van der Waals surface area contributed by atoms with Crippen LogP contribution in [0.4, 0.5) is 38.5 Å². The van der Waals surface area contributed by atoms with E-state index in [-0.39, 0.29) is 11.4 Å². The van der Waals surface area contributed by atoms with Gasteiger partial charge in [-0.05, 0) is 18.9 Å². The molecule has 0 bridgehead atoms. The van der Waals surface area contributed by atoms with Crippen LogP contribution in [-0.2, 0) is 4.79 Å². The molecule has 0 unspecified atom stereocenters. The fraction of sp³-hybridized carbons (Fsp3) is 0.381. The number of azo groups is 1. The first-order valence-corrected chi connectivity index (χ1v) is 10.4. The first kappa shape index (κ1) is 26.1. The van der Waals surface area contributed by atoms with Crippen LogP contribution in [0, 0.1) is 26.0 Å². The number of nitro benzene ring substituents is 2. The number of amides is 1. The minimum absolute atomic E-state index is 0.0943. The molecule has 0 atom stereocenters. The molecule has 0 radical (unpaired) electrons. The van der Waals surface area contributed by atoms with Gasteiger partial charge in [0.2, 0.25) is 11.7 Å². The lowest BCUT2D eigenvalue weighted by Crippen LogP contribution is -2.25. The molecule has 0 aliphatic heterocycles. The van der Waals surface area contributed by atoms with E-state index in [1.165, 1.54) is 20.1 Å². The summed E-state index contributed by atoms with van der Waals surface area (Å²) in [5, 5.41) is 32.6. The highest BCUT2D eigenvalue weighted by molar-refractivity contribution is 5.93. The summed E-state index contributed by atoms with van der Waals surface area (Å²) in [6.45, 7) is 6.83. The summed E-state index contributed by atoms with van der Waals surface area (Å²) in [7, 11) is 1.46. The number of carbonyl (C=O) groups is 1. The Labute approximate surface area is 194 Å². The van der Waals surface area contributed by atoms with Crippen LogP contribution >= 0.6 is 0 Å². The molecule has 34 heavy (non-hydrogen) atoms. The number of nitrogens with one attached hydrogen (secondary N) is 1. The molecule has 0 spiro atoms. The van der Waals surface area contributed by atoms with Gasteiger partial charge in [0.15, 0.2) is 5.69 Å². The average Bonchev–Trinajstić information content (AvgIpc) is 2.76. The van der Waals surface area contributed by atoms with Crippen molar-refractivity contribution in [3.8, 4) is 5.75 Å². The highest BCUT2D eigenvalue weighted by Crippen LogP contribution is 2.41. The first-order chi connectivity index (χ1) is 16.1. The first-order valence-electron chi connectivity index (χ1n) is 10.4. The van der Waals surface area contributed by atoms with Gasteiger partial charge in [0, 0.05) is 32.1 Å². The van der Waals surface area contributed by atoms with Crippen LogP contribution in [0.5, 0.6) is 5.75 Å². The summed E-state index contributed by atoms with van der Waals surface area (Å²) >= 11 is 0. The van der Waals surface area contributed by atoms with E-state index in [4.69, 9.17) is 4.74 Å². The monoisotopic (exact) mass is 476 g/mol. The van der Waals surface area contributed by atoms with E-state index < -0.39 is 38.6 Å². The molecule has 0 heterocycles. The van der Waals surface area contributed by atoms with Gasteiger partial charge in [0.05, 0.1) is 34.4 Å². The molecular formula is C21H25FN6O6. The van der Waals surface area contributed by atoms with Crippen molar-refractivity contribution in [1.82, 2.24) is 0 Å². The summed E-state index contributed by atoms with van der Waals surface area (Å²) in [6, 6.07) is 4.20. The summed E-state index contributed by atoms with van der Waals surface area (Å²) in [5.74, 6) is -1.26. The fourth-order valence-electron chi connectivity index (χ4n) is 3.25. The topological polar surface area (TPSA) is 153 Å². The third kappa shape index (κ3) is 6.21. The van der Waals surface area contributed by atoms with Crippen LogP contribution in [0.15, 0.2) is 34.5 Å². The van der Waals surface area contributed by atoms with Gasteiger partial charge in [-0.1, -0.05) is 13.8 Å². The van der Waals surface area contributed by atoms with Gasteiger partial charge < -0.3 is 15.0 Å². The molecule has 2 aromatic carbocycles. The Hall–Kier alpha value is -4.16. The Morgan fingerprint density at radius 1 is 1.03 bits per heavy atom. The van der Waals surface area contributed by atoms with Crippen molar-refractivity contribution >= 4 is 40.0 Å². The molecule has 0 fully saturated rings. The average molecular weight is 476 g/mol. The number of anilines is 2. The van der Waals surface area contributed by atoms with Crippen molar-refractivity contribution in [2.24, 2.45) is 10.2 Å². The molecule has 0 saturated heterocycles. The quantitative estimate of drug-likeness (QED) is 0.250. The van der Waals surface area contributed by atoms with Crippen molar-refractivity contribution in [3.63, 3.8) is 0 Å². The van der Waals surface area contributed by atoms with E-state index in [2.05, 4.69) is 20.4 Å². The highest BCUT2D eigenvalue weighted by Gasteiger charge is 2.25. The van der Waals surface area contributed by atoms with E-state index in [9.17, 15) is 29.4 Å². The second kappa shape index (κ2) is 11.6. The zero-order valence-electron chi connectivity index (χ0n) is 19.2. The maximum absolute atomic E-state index is 14.1. The van der Waals surface area contributed by atoms with Gasteiger partial charge in [-0.3, -0.25) is 25.0 Å². The summed E-state index contributed by atoms with van der Waals surface area (Å²) in [5.41, 5.74) is -1.31. The number of hydrogen-bond acceptors (Lipinski definition) is 9. The minimum Gasteiger partial charge on any atom is -0.494 e. The number of benzene rings is 2. The molecule has 12 nitrogen and oxygen atoms in total. The molecule has 1 amide bonds. The fourth-order valence-corrected chi connectivity index (χ4v) is 3.25. The number of nitro groups is 2. The van der Waals surface area contributed by atoms with E-state index in [0.29, 0.717) is 23.6 Å². The summed E-state index contributed by atoms with van der Waals surface area (Å²) < 4.78 is 19.6. The number of hydrogen-bond donors (Lipinski definition) is 1. The molecular weight excluding hydrogens is 451 g/mol. The number of halogens is 1. The largest absolute Gasteiger partial charge is 0.494 e. The molecule has 2 rings (SSSR count). The molecule has 0 aliphatic carbocycles. The van der Waals surface area contributed by atoms with Gasteiger partial charge in [-0.25, -0.2) is 0 Å². The van der Waals surface area contributed by atoms with Gasteiger partial charge in [-0.2, -0.15) is 4.39 Å². The van der Waals surface area contributed by atoms with Crippen LogP contribution in [0.1, 0.15) is 33.6 Å². The Balaban J connectivity index is 2.64. The van der Waals surface area contributed by atoms with Crippen LogP contribution in [0.2, 0.25) is 0 Å². The number of methoxy groups -OCH3 is 1. The van der Waals surface area contributed by atoms with Crippen LogP contribution < -0.4 is 15.0 Å². The second-order valence-corrected chi connectivity index (χ2v) is 7.22. The van der Waals surface area contributed by atoms with Gasteiger partial charge in [-0.15, -0.1) is 10.2 Å². The smallest absolute Gasteiger partial charge is 0.311 e. The molecule has 0 aliphatic rings. The Bertz CT molecular complexity index is 1120.